The topological polar surface area (TPSA) is 38.9 Å². The van der Waals surface area contributed by atoms with Crippen LogP contribution in [0.5, 0.6) is 0 Å². The average Bonchev–Trinajstić information content (AvgIpc) is 2.27. The van der Waals surface area contributed by atoms with Crippen molar-refractivity contribution in [2.75, 3.05) is 0 Å². The molecule has 0 bridgehead atoms. The van der Waals surface area contributed by atoms with Gasteiger partial charge >= 0.3 is 0 Å². The van der Waals surface area contributed by atoms with Crippen molar-refractivity contribution in [2.24, 2.45) is 0 Å². The first-order chi connectivity index (χ1) is 4.86. The molecule has 2 heterocycles. The second kappa shape index (κ2) is 1.80. The molecule has 0 aliphatic heterocycles. The highest BCUT2D eigenvalue weighted by atomic mass is 16.3. The quantitative estimate of drug-likeness (QED) is 0.548. The van der Waals surface area contributed by atoms with Crippen molar-refractivity contribution in [1.29, 1.82) is 0 Å². The Morgan fingerprint density at radius 3 is 3.20 bits per heavy atom. The SMILES string of the molecule is Cc1cc2nnccc2o1. The zero-order valence-corrected chi connectivity index (χ0v) is 5.53. The smallest absolute Gasteiger partial charge is 0.156 e. The summed E-state index contributed by atoms with van der Waals surface area (Å²) in [5.41, 5.74) is 1.62. The van der Waals surface area contributed by atoms with Crippen LogP contribution in [0.1, 0.15) is 5.76 Å². The molecule has 0 aliphatic carbocycles. The van der Waals surface area contributed by atoms with Crippen molar-refractivity contribution in [3.8, 4) is 0 Å². The molecule has 0 aliphatic rings. The molecule has 0 atom stereocenters. The molecule has 2 aromatic rings. The first-order valence-corrected chi connectivity index (χ1v) is 3.04. The van der Waals surface area contributed by atoms with Gasteiger partial charge in [0.2, 0.25) is 0 Å². The van der Waals surface area contributed by atoms with Crippen LogP contribution in [-0.4, -0.2) is 10.2 Å². The van der Waals surface area contributed by atoms with Crippen molar-refractivity contribution < 1.29 is 4.42 Å². The van der Waals surface area contributed by atoms with Gasteiger partial charge in [0, 0.05) is 12.1 Å². The predicted octanol–water partition coefficient (Wildman–Crippen LogP) is 1.53. The Morgan fingerprint density at radius 1 is 1.50 bits per heavy atom. The van der Waals surface area contributed by atoms with E-state index in [1.807, 2.05) is 13.0 Å². The van der Waals surface area contributed by atoms with Gasteiger partial charge in [0.15, 0.2) is 5.58 Å². The lowest BCUT2D eigenvalue weighted by Gasteiger charge is -1.80. The number of rotatable bonds is 0. The van der Waals surface area contributed by atoms with Crippen molar-refractivity contribution in [1.82, 2.24) is 10.2 Å². The molecule has 0 fully saturated rings. The lowest BCUT2D eigenvalue weighted by molar-refractivity contribution is 0.578. The average molecular weight is 134 g/mol. The van der Waals surface area contributed by atoms with Gasteiger partial charge in [-0.3, -0.25) is 0 Å². The molecule has 0 saturated heterocycles. The molecule has 10 heavy (non-hydrogen) atoms. The van der Waals surface area contributed by atoms with Crippen molar-refractivity contribution >= 4 is 11.1 Å². The number of fused-ring (bicyclic) bond motifs is 1. The fraction of sp³-hybridized carbons (Fsp3) is 0.143. The van der Waals surface area contributed by atoms with E-state index < -0.39 is 0 Å². The van der Waals surface area contributed by atoms with Crippen LogP contribution in [0.3, 0.4) is 0 Å². The van der Waals surface area contributed by atoms with Crippen molar-refractivity contribution in [3.63, 3.8) is 0 Å². The normalized spacial score (nSPS) is 10.5. The van der Waals surface area contributed by atoms with Crippen molar-refractivity contribution in [2.45, 2.75) is 6.92 Å². The van der Waals surface area contributed by atoms with Crippen LogP contribution in [-0.2, 0) is 0 Å². The molecule has 0 saturated carbocycles. The molecule has 50 valence electrons. The van der Waals surface area contributed by atoms with Gasteiger partial charge in [0.1, 0.15) is 11.3 Å². The van der Waals surface area contributed by atoms with Crippen molar-refractivity contribution in [3.05, 3.63) is 24.1 Å². The Labute approximate surface area is 57.7 Å². The maximum atomic E-state index is 5.27. The summed E-state index contributed by atoms with van der Waals surface area (Å²) >= 11 is 0. The van der Waals surface area contributed by atoms with E-state index in [2.05, 4.69) is 10.2 Å². The molecule has 0 radical (unpaired) electrons. The van der Waals surface area contributed by atoms with E-state index in [1.54, 1.807) is 12.3 Å². The molecule has 0 aromatic carbocycles. The summed E-state index contributed by atoms with van der Waals surface area (Å²) in [4.78, 5) is 0. The van der Waals surface area contributed by atoms with E-state index in [-0.39, 0.29) is 0 Å². The largest absolute Gasteiger partial charge is 0.460 e. The van der Waals surface area contributed by atoms with Gasteiger partial charge in [-0.1, -0.05) is 0 Å². The third-order valence-corrected chi connectivity index (χ3v) is 1.32. The molecule has 2 aromatic heterocycles. The standard InChI is InChI=1S/C7H6N2O/c1-5-4-6-7(10-5)2-3-8-9-6/h2-4H,1H3. The van der Waals surface area contributed by atoms with Crippen LogP contribution in [0.15, 0.2) is 22.7 Å². The Hall–Kier alpha value is -1.38. The van der Waals surface area contributed by atoms with E-state index in [0.717, 1.165) is 16.9 Å². The van der Waals surface area contributed by atoms with E-state index >= 15 is 0 Å². The van der Waals surface area contributed by atoms with Crippen LogP contribution in [0.25, 0.3) is 11.1 Å². The number of furan rings is 1. The summed E-state index contributed by atoms with van der Waals surface area (Å²) in [5.74, 6) is 0.871. The Bertz CT molecular complexity index is 320. The highest BCUT2D eigenvalue weighted by molar-refractivity contribution is 5.71. The van der Waals surface area contributed by atoms with Gasteiger partial charge in [-0.25, -0.2) is 0 Å². The lowest BCUT2D eigenvalue weighted by Crippen LogP contribution is -1.75. The minimum atomic E-state index is 0.799. The summed E-state index contributed by atoms with van der Waals surface area (Å²) in [6, 6.07) is 3.66. The Balaban J connectivity index is 2.88. The molecule has 0 amide bonds. The number of aromatic nitrogens is 2. The maximum Gasteiger partial charge on any atom is 0.156 e. The second-order valence-electron chi connectivity index (χ2n) is 2.14. The molecule has 3 nitrogen and oxygen atoms in total. The molecular weight excluding hydrogens is 128 g/mol. The zero-order valence-electron chi connectivity index (χ0n) is 5.53. The van der Waals surface area contributed by atoms with Gasteiger partial charge in [-0.2, -0.15) is 5.10 Å². The van der Waals surface area contributed by atoms with Crippen LogP contribution < -0.4 is 0 Å². The first-order valence-electron chi connectivity index (χ1n) is 3.04. The second-order valence-corrected chi connectivity index (χ2v) is 2.14. The fourth-order valence-electron chi connectivity index (χ4n) is 0.913. The summed E-state index contributed by atoms with van der Waals surface area (Å²) in [5, 5.41) is 7.57. The highest BCUT2D eigenvalue weighted by Crippen LogP contribution is 2.13. The first kappa shape index (κ1) is 5.41. The number of hydrogen-bond acceptors (Lipinski definition) is 3. The van der Waals surface area contributed by atoms with Crippen LogP contribution in [0.2, 0.25) is 0 Å². The summed E-state index contributed by atoms with van der Waals surface area (Å²) in [7, 11) is 0. The Morgan fingerprint density at radius 2 is 2.40 bits per heavy atom. The van der Waals surface area contributed by atoms with Gasteiger partial charge < -0.3 is 4.42 Å². The van der Waals surface area contributed by atoms with Crippen LogP contribution in [0.4, 0.5) is 0 Å². The van der Waals surface area contributed by atoms with Gasteiger partial charge in [-0.05, 0) is 6.92 Å². The van der Waals surface area contributed by atoms with E-state index in [0.29, 0.717) is 0 Å². The maximum absolute atomic E-state index is 5.27. The molecular formula is C7H6N2O. The summed E-state index contributed by atoms with van der Waals surface area (Å²) in [6.45, 7) is 1.89. The highest BCUT2D eigenvalue weighted by Gasteiger charge is 1.98. The van der Waals surface area contributed by atoms with Crippen LogP contribution >= 0.6 is 0 Å². The third-order valence-electron chi connectivity index (χ3n) is 1.32. The zero-order chi connectivity index (χ0) is 6.97. The van der Waals surface area contributed by atoms with E-state index in [9.17, 15) is 0 Å². The molecule has 0 spiro atoms. The summed E-state index contributed by atoms with van der Waals surface area (Å²) < 4.78 is 5.27. The van der Waals surface area contributed by atoms with Gasteiger partial charge in [0.05, 0.1) is 6.20 Å². The molecule has 3 heteroatoms. The number of aryl methyl sites for hydroxylation is 1. The summed E-state index contributed by atoms with van der Waals surface area (Å²) in [6.07, 6.45) is 1.62. The van der Waals surface area contributed by atoms with E-state index in [4.69, 9.17) is 4.42 Å². The van der Waals surface area contributed by atoms with E-state index in [1.165, 1.54) is 0 Å². The minimum absolute atomic E-state index is 0.799. The van der Waals surface area contributed by atoms with Gasteiger partial charge in [-0.15, -0.1) is 5.10 Å². The minimum Gasteiger partial charge on any atom is -0.460 e. The molecule has 2 rings (SSSR count). The molecule has 0 N–H and O–H groups in total. The van der Waals surface area contributed by atoms with Gasteiger partial charge in [0.25, 0.3) is 0 Å². The number of nitrogens with zero attached hydrogens (tertiary/aromatic N) is 2. The lowest BCUT2D eigenvalue weighted by atomic mass is 10.4. The monoisotopic (exact) mass is 134 g/mol. The number of hydrogen-bond donors (Lipinski definition) is 0. The Kier molecular flexibility index (Phi) is 0.974. The third kappa shape index (κ3) is 0.673. The molecule has 0 unspecified atom stereocenters. The van der Waals surface area contributed by atoms with Crippen LogP contribution in [0, 0.1) is 6.92 Å². The predicted molar refractivity (Wildman–Crippen MR) is 36.5 cm³/mol. The fourth-order valence-corrected chi connectivity index (χ4v) is 0.913.